The monoisotopic (exact) mass is 405 g/mol. The number of amides is 1. The molecule has 0 saturated heterocycles. The second-order valence-corrected chi connectivity index (χ2v) is 9.77. The highest BCUT2D eigenvalue weighted by Crippen LogP contribution is 2.60. The Morgan fingerprint density at radius 1 is 1.13 bits per heavy atom. The summed E-state index contributed by atoms with van der Waals surface area (Å²) in [6, 6.07) is 8.52. The van der Waals surface area contributed by atoms with Gasteiger partial charge in [-0.05, 0) is 64.0 Å². The van der Waals surface area contributed by atoms with Crippen molar-refractivity contribution in [3.63, 3.8) is 0 Å². The zero-order chi connectivity index (χ0) is 20.9. The molecule has 2 aliphatic carbocycles. The molecule has 2 aromatic heterocycles. The van der Waals surface area contributed by atoms with E-state index in [9.17, 15) is 4.79 Å². The highest BCUT2D eigenvalue weighted by Gasteiger charge is 2.54. The van der Waals surface area contributed by atoms with Crippen LogP contribution in [-0.2, 0) is 4.74 Å². The molecule has 7 nitrogen and oxygen atoms in total. The number of alkyl carbamates (subject to hydrolysis) is 1. The van der Waals surface area contributed by atoms with Crippen LogP contribution in [0.2, 0.25) is 0 Å². The van der Waals surface area contributed by atoms with Gasteiger partial charge in [0.2, 0.25) is 0 Å². The third-order valence-electron chi connectivity index (χ3n) is 6.14. The molecule has 1 spiro atoms. The molecule has 1 aromatic carbocycles. The summed E-state index contributed by atoms with van der Waals surface area (Å²) < 4.78 is 7.41. The van der Waals surface area contributed by atoms with E-state index in [4.69, 9.17) is 9.72 Å². The van der Waals surface area contributed by atoms with Gasteiger partial charge >= 0.3 is 6.09 Å². The zero-order valence-electron chi connectivity index (χ0n) is 17.6. The fourth-order valence-corrected chi connectivity index (χ4v) is 4.79. The Labute approximate surface area is 175 Å². The maximum absolute atomic E-state index is 11.9. The largest absolute Gasteiger partial charge is 0.444 e. The number of nitrogens with one attached hydrogen (secondary N) is 1. The van der Waals surface area contributed by atoms with Gasteiger partial charge in [-0.1, -0.05) is 12.1 Å². The van der Waals surface area contributed by atoms with Gasteiger partial charge in [0.1, 0.15) is 5.60 Å². The fraction of sp³-hybridized carbons (Fsp3) is 0.478. The summed E-state index contributed by atoms with van der Waals surface area (Å²) in [5.74, 6) is 0. The number of rotatable bonds is 3. The molecular formula is C23H27N5O2. The lowest BCUT2D eigenvalue weighted by atomic mass is 9.52. The van der Waals surface area contributed by atoms with E-state index in [1.807, 2.05) is 57.4 Å². The second kappa shape index (κ2) is 6.79. The van der Waals surface area contributed by atoms with Gasteiger partial charge in [0.15, 0.2) is 0 Å². The lowest BCUT2D eigenvalue weighted by Crippen LogP contribution is -2.56. The molecule has 2 saturated carbocycles. The van der Waals surface area contributed by atoms with Crippen LogP contribution in [0.15, 0.2) is 42.9 Å². The Morgan fingerprint density at radius 2 is 1.87 bits per heavy atom. The van der Waals surface area contributed by atoms with Crippen LogP contribution in [0, 0.1) is 5.41 Å². The van der Waals surface area contributed by atoms with Gasteiger partial charge < -0.3 is 10.1 Å². The highest BCUT2D eigenvalue weighted by atomic mass is 16.6. The third kappa shape index (κ3) is 3.64. The van der Waals surface area contributed by atoms with E-state index in [1.54, 1.807) is 0 Å². The summed E-state index contributed by atoms with van der Waals surface area (Å²) >= 11 is 0. The number of hydrogen-bond donors (Lipinski definition) is 1. The molecule has 0 unspecified atom stereocenters. The van der Waals surface area contributed by atoms with Gasteiger partial charge in [0, 0.05) is 17.8 Å². The molecule has 2 heterocycles. The van der Waals surface area contributed by atoms with E-state index < -0.39 is 5.60 Å². The van der Waals surface area contributed by atoms with Crippen molar-refractivity contribution in [3.05, 3.63) is 42.9 Å². The molecule has 3 aromatic rings. The Hall–Kier alpha value is -2.96. The van der Waals surface area contributed by atoms with Gasteiger partial charge in [-0.3, -0.25) is 9.67 Å². The molecule has 156 valence electrons. The number of nitrogens with zero attached hydrogens (tertiary/aromatic N) is 4. The number of carbonyl (C=O) groups is 1. The molecule has 0 bridgehead atoms. The molecular weight excluding hydrogens is 378 g/mol. The summed E-state index contributed by atoms with van der Waals surface area (Å²) in [5, 5.41) is 7.58. The van der Waals surface area contributed by atoms with Crippen LogP contribution in [0.5, 0.6) is 0 Å². The lowest BCUT2D eigenvalue weighted by Gasteiger charge is -2.57. The van der Waals surface area contributed by atoms with Crippen LogP contribution in [-0.4, -0.2) is 37.5 Å². The van der Waals surface area contributed by atoms with Crippen LogP contribution in [0.25, 0.3) is 22.3 Å². The average Bonchev–Trinajstić information content (AvgIpc) is 3.10. The minimum Gasteiger partial charge on any atom is -0.444 e. The molecule has 0 radical (unpaired) electrons. The van der Waals surface area contributed by atoms with Gasteiger partial charge in [-0.25, -0.2) is 9.78 Å². The standard InChI is InChI=1S/C23H27N5O2/c1-22(2,3)30-21(29)26-16-8-23(9-16)10-17(11-23)28-14-15(12-25-28)20-13-24-18-6-4-5-7-19(18)27-20/h4-7,12-14,16-17H,8-11H2,1-3H3,(H,26,29). The summed E-state index contributed by atoms with van der Waals surface area (Å²) in [4.78, 5) is 21.1. The second-order valence-electron chi connectivity index (χ2n) is 9.77. The van der Waals surface area contributed by atoms with Crippen molar-refractivity contribution in [2.75, 3.05) is 0 Å². The van der Waals surface area contributed by atoms with Crippen LogP contribution in [0.3, 0.4) is 0 Å². The molecule has 2 fully saturated rings. The van der Waals surface area contributed by atoms with Crippen molar-refractivity contribution >= 4 is 17.1 Å². The van der Waals surface area contributed by atoms with Crippen molar-refractivity contribution in [3.8, 4) is 11.3 Å². The van der Waals surface area contributed by atoms with Crippen LogP contribution < -0.4 is 5.32 Å². The number of fused-ring (bicyclic) bond motifs is 1. The van der Waals surface area contributed by atoms with Crippen molar-refractivity contribution in [1.29, 1.82) is 0 Å². The average molecular weight is 406 g/mol. The number of aromatic nitrogens is 4. The highest BCUT2D eigenvalue weighted by molar-refractivity contribution is 5.76. The fourth-order valence-electron chi connectivity index (χ4n) is 4.79. The van der Waals surface area contributed by atoms with E-state index in [-0.39, 0.29) is 12.1 Å². The molecule has 7 heteroatoms. The first kappa shape index (κ1) is 19.0. The summed E-state index contributed by atoms with van der Waals surface area (Å²) in [6.07, 6.45) is 9.69. The van der Waals surface area contributed by atoms with Crippen molar-refractivity contribution in [2.45, 2.75) is 64.1 Å². The summed E-state index contributed by atoms with van der Waals surface area (Å²) in [6.45, 7) is 5.65. The Kier molecular flexibility index (Phi) is 4.31. The summed E-state index contributed by atoms with van der Waals surface area (Å²) in [5.41, 5.74) is 3.52. The number of para-hydroxylation sites is 2. The Balaban J connectivity index is 1.17. The van der Waals surface area contributed by atoms with Crippen LogP contribution >= 0.6 is 0 Å². The Bertz CT molecular complexity index is 1090. The maximum Gasteiger partial charge on any atom is 0.407 e. The number of hydrogen-bond acceptors (Lipinski definition) is 5. The molecule has 5 rings (SSSR count). The predicted octanol–water partition coefficient (Wildman–Crippen LogP) is 4.50. The van der Waals surface area contributed by atoms with Gasteiger partial charge in [-0.2, -0.15) is 5.10 Å². The van der Waals surface area contributed by atoms with Crippen molar-refractivity contribution in [2.24, 2.45) is 5.41 Å². The first-order valence-electron chi connectivity index (χ1n) is 10.5. The van der Waals surface area contributed by atoms with Crippen molar-refractivity contribution in [1.82, 2.24) is 25.1 Å². The molecule has 0 aliphatic heterocycles. The van der Waals surface area contributed by atoms with Crippen molar-refractivity contribution < 1.29 is 9.53 Å². The molecule has 1 N–H and O–H groups in total. The summed E-state index contributed by atoms with van der Waals surface area (Å²) in [7, 11) is 0. The SMILES string of the molecule is CC(C)(C)OC(=O)NC1CC2(C1)CC(n1cc(-c3cnc4ccccc4n3)cn1)C2. The first-order chi connectivity index (χ1) is 14.3. The van der Waals surface area contributed by atoms with E-state index in [0.29, 0.717) is 11.5 Å². The number of ether oxygens (including phenoxy) is 1. The topological polar surface area (TPSA) is 81.9 Å². The molecule has 2 aliphatic rings. The van der Waals surface area contributed by atoms with E-state index in [2.05, 4.69) is 26.3 Å². The van der Waals surface area contributed by atoms with Crippen LogP contribution in [0.1, 0.15) is 52.5 Å². The number of carbonyl (C=O) groups excluding carboxylic acids is 1. The quantitative estimate of drug-likeness (QED) is 0.694. The smallest absolute Gasteiger partial charge is 0.407 e. The number of benzene rings is 1. The first-order valence-corrected chi connectivity index (χ1v) is 10.5. The molecule has 1 amide bonds. The molecule has 30 heavy (non-hydrogen) atoms. The van der Waals surface area contributed by atoms with Gasteiger partial charge in [0.25, 0.3) is 0 Å². The maximum atomic E-state index is 11.9. The van der Waals surface area contributed by atoms with E-state index in [0.717, 1.165) is 48.0 Å². The molecule has 0 atom stereocenters. The minimum absolute atomic E-state index is 0.224. The lowest BCUT2D eigenvalue weighted by molar-refractivity contribution is -0.0484. The van der Waals surface area contributed by atoms with Gasteiger partial charge in [0.05, 0.1) is 35.2 Å². The minimum atomic E-state index is -0.458. The van der Waals surface area contributed by atoms with E-state index >= 15 is 0 Å². The Morgan fingerprint density at radius 3 is 2.60 bits per heavy atom. The van der Waals surface area contributed by atoms with Gasteiger partial charge in [-0.15, -0.1) is 0 Å². The zero-order valence-corrected chi connectivity index (χ0v) is 17.6. The normalized spacial score (nSPS) is 25.6. The predicted molar refractivity (Wildman–Crippen MR) is 114 cm³/mol. The third-order valence-corrected chi connectivity index (χ3v) is 6.14. The van der Waals surface area contributed by atoms with E-state index in [1.165, 1.54) is 0 Å². The van der Waals surface area contributed by atoms with Crippen LogP contribution in [0.4, 0.5) is 4.79 Å².